The van der Waals surface area contributed by atoms with Crippen molar-refractivity contribution >= 4 is 29.2 Å². The van der Waals surface area contributed by atoms with Crippen LogP contribution in [0, 0.1) is 5.82 Å². The lowest BCUT2D eigenvalue weighted by molar-refractivity contribution is -0.116. The molecule has 0 saturated heterocycles. The summed E-state index contributed by atoms with van der Waals surface area (Å²) in [5, 5.41) is 8.41. The van der Waals surface area contributed by atoms with Crippen molar-refractivity contribution in [1.29, 1.82) is 0 Å². The highest BCUT2D eigenvalue weighted by Gasteiger charge is 2.37. The number of carbonyl (C=O) groups is 3. The molecule has 0 spiro atoms. The summed E-state index contributed by atoms with van der Waals surface area (Å²) in [4.78, 5) is 56.9. The van der Waals surface area contributed by atoms with Gasteiger partial charge in [0.05, 0.1) is 37.5 Å². The fourth-order valence-corrected chi connectivity index (χ4v) is 3.98. The first-order valence-corrected chi connectivity index (χ1v) is 11.0. The Morgan fingerprint density at radius 3 is 2.65 bits per heavy atom. The van der Waals surface area contributed by atoms with E-state index >= 15 is 0 Å². The van der Waals surface area contributed by atoms with Crippen LogP contribution in [-0.4, -0.2) is 74.5 Å². The quantitative estimate of drug-likeness (QED) is 0.422. The number of aromatic nitrogens is 4. The zero-order chi connectivity index (χ0) is 26.9. The van der Waals surface area contributed by atoms with Gasteiger partial charge in [-0.1, -0.05) is 0 Å². The molecule has 15 heteroatoms. The standard InChI is InChI=1S/C22H22F3N7O5/c1-11(10-37-2)30-8-13-19(22(30)36)31(9-17(33)28-16-4-3-12(23)6-26-16)18-5-14(29-32(18)21(13)35)20(34)27-7-15(24)25/h3-6,11,15H,7-10H2,1-2H3,(H,27,34)(H,26,28,33). The van der Waals surface area contributed by atoms with E-state index in [-0.39, 0.29) is 41.6 Å². The SMILES string of the molecule is COCC(C)N1Cc2c(n(CC(=O)Nc3ccc(F)cn3)c3cc(C(=O)NCC(F)F)nn3c2=O)C1=O. The number of ether oxygens (including phenoxy) is 1. The Morgan fingerprint density at radius 1 is 1.24 bits per heavy atom. The summed E-state index contributed by atoms with van der Waals surface area (Å²) < 4.78 is 45.4. The number of hydrogen-bond acceptors (Lipinski definition) is 7. The second-order valence-electron chi connectivity index (χ2n) is 8.27. The van der Waals surface area contributed by atoms with E-state index in [9.17, 15) is 32.3 Å². The third-order valence-corrected chi connectivity index (χ3v) is 5.65. The average Bonchev–Trinajstić information content (AvgIpc) is 3.45. The number of rotatable bonds is 9. The second kappa shape index (κ2) is 10.4. The predicted molar refractivity (Wildman–Crippen MR) is 122 cm³/mol. The van der Waals surface area contributed by atoms with E-state index < -0.39 is 54.7 Å². The smallest absolute Gasteiger partial charge is 0.280 e. The molecule has 0 aromatic carbocycles. The fourth-order valence-electron chi connectivity index (χ4n) is 3.98. The molecule has 1 aliphatic rings. The van der Waals surface area contributed by atoms with Gasteiger partial charge in [0.15, 0.2) is 5.69 Å². The molecule has 1 atom stereocenters. The van der Waals surface area contributed by atoms with Gasteiger partial charge in [-0.25, -0.2) is 18.2 Å². The number of alkyl halides is 2. The summed E-state index contributed by atoms with van der Waals surface area (Å²) in [5.41, 5.74) is -1.18. The first-order chi connectivity index (χ1) is 17.6. The number of fused-ring (bicyclic) bond motifs is 2. The zero-order valence-corrected chi connectivity index (χ0v) is 19.7. The van der Waals surface area contributed by atoms with Gasteiger partial charge in [0.1, 0.15) is 29.5 Å². The van der Waals surface area contributed by atoms with Crippen LogP contribution in [0.3, 0.4) is 0 Å². The molecule has 0 bridgehead atoms. The van der Waals surface area contributed by atoms with Crippen molar-refractivity contribution in [2.24, 2.45) is 0 Å². The van der Waals surface area contributed by atoms with Crippen molar-refractivity contribution in [2.75, 3.05) is 25.6 Å². The van der Waals surface area contributed by atoms with Gasteiger partial charge in [-0.05, 0) is 19.1 Å². The normalized spacial score (nSPS) is 13.8. The first kappa shape index (κ1) is 25.8. The van der Waals surface area contributed by atoms with Crippen LogP contribution in [0.2, 0.25) is 0 Å². The molecule has 0 radical (unpaired) electrons. The molecule has 3 amide bonds. The molecule has 0 fully saturated rings. The largest absolute Gasteiger partial charge is 0.383 e. The molecule has 12 nitrogen and oxygen atoms in total. The predicted octanol–water partition coefficient (Wildman–Crippen LogP) is 0.654. The molecule has 2 N–H and O–H groups in total. The minimum Gasteiger partial charge on any atom is -0.383 e. The van der Waals surface area contributed by atoms with Crippen LogP contribution in [0.25, 0.3) is 5.65 Å². The number of halogens is 3. The van der Waals surface area contributed by atoms with Crippen molar-refractivity contribution in [1.82, 2.24) is 29.4 Å². The number of amides is 3. The highest BCUT2D eigenvalue weighted by atomic mass is 19.3. The molecule has 4 rings (SSSR count). The minimum absolute atomic E-state index is 0.0378. The number of anilines is 1. The third kappa shape index (κ3) is 5.16. The number of nitrogens with one attached hydrogen (secondary N) is 2. The highest BCUT2D eigenvalue weighted by Crippen LogP contribution is 2.25. The van der Waals surface area contributed by atoms with Crippen molar-refractivity contribution in [3.8, 4) is 0 Å². The number of pyridine rings is 1. The minimum atomic E-state index is -2.80. The Hall–Kier alpha value is -4.27. The van der Waals surface area contributed by atoms with E-state index in [1.807, 2.05) is 5.32 Å². The van der Waals surface area contributed by atoms with Gasteiger partial charge >= 0.3 is 0 Å². The first-order valence-electron chi connectivity index (χ1n) is 11.0. The lowest BCUT2D eigenvalue weighted by Gasteiger charge is -2.23. The van der Waals surface area contributed by atoms with E-state index in [4.69, 9.17) is 4.74 Å². The molecule has 196 valence electrons. The van der Waals surface area contributed by atoms with Crippen LogP contribution in [0.5, 0.6) is 0 Å². The molecular formula is C22H22F3N7O5. The summed E-state index contributed by atoms with van der Waals surface area (Å²) in [7, 11) is 1.46. The maximum atomic E-state index is 13.4. The van der Waals surface area contributed by atoms with Gasteiger partial charge in [0.2, 0.25) is 5.91 Å². The van der Waals surface area contributed by atoms with E-state index in [1.54, 1.807) is 6.92 Å². The fraction of sp³-hybridized carbons (Fsp3) is 0.364. The number of methoxy groups -OCH3 is 1. The zero-order valence-electron chi connectivity index (χ0n) is 19.7. The molecule has 37 heavy (non-hydrogen) atoms. The summed E-state index contributed by atoms with van der Waals surface area (Å²) in [6.07, 6.45) is -1.89. The maximum Gasteiger partial charge on any atom is 0.280 e. The van der Waals surface area contributed by atoms with Crippen LogP contribution in [0.1, 0.15) is 33.5 Å². The van der Waals surface area contributed by atoms with Crippen molar-refractivity contribution in [3.05, 3.63) is 57.5 Å². The molecule has 0 saturated carbocycles. The van der Waals surface area contributed by atoms with E-state index in [2.05, 4.69) is 15.4 Å². The lowest BCUT2D eigenvalue weighted by atomic mass is 10.2. The van der Waals surface area contributed by atoms with E-state index in [0.717, 1.165) is 22.8 Å². The van der Waals surface area contributed by atoms with Crippen LogP contribution >= 0.6 is 0 Å². The average molecular weight is 521 g/mol. The summed E-state index contributed by atoms with van der Waals surface area (Å²) in [5.74, 6) is -2.74. The summed E-state index contributed by atoms with van der Waals surface area (Å²) >= 11 is 0. The molecule has 3 aromatic rings. The Morgan fingerprint density at radius 2 is 2.00 bits per heavy atom. The molecule has 1 unspecified atom stereocenters. The molecule has 0 aliphatic carbocycles. The van der Waals surface area contributed by atoms with Crippen molar-refractivity contribution in [3.63, 3.8) is 0 Å². The van der Waals surface area contributed by atoms with Gasteiger partial charge in [0, 0.05) is 13.2 Å². The number of carbonyl (C=O) groups excluding carboxylic acids is 3. The van der Waals surface area contributed by atoms with Crippen LogP contribution in [-0.2, 0) is 22.6 Å². The van der Waals surface area contributed by atoms with E-state index in [0.29, 0.717) is 0 Å². The Bertz CT molecular complexity index is 1420. The van der Waals surface area contributed by atoms with Crippen LogP contribution in [0.4, 0.5) is 19.0 Å². The van der Waals surface area contributed by atoms with Gasteiger partial charge in [-0.2, -0.15) is 9.61 Å². The number of nitrogens with zero attached hydrogens (tertiary/aromatic N) is 5. The summed E-state index contributed by atoms with van der Waals surface area (Å²) in [6.45, 7) is 0.391. The maximum absolute atomic E-state index is 13.4. The van der Waals surface area contributed by atoms with Gasteiger partial charge in [0.25, 0.3) is 23.8 Å². The van der Waals surface area contributed by atoms with Crippen LogP contribution in [0.15, 0.2) is 29.2 Å². The summed E-state index contributed by atoms with van der Waals surface area (Å²) in [6, 6.07) is 3.05. The number of hydrogen-bond donors (Lipinski definition) is 2. The molecule has 4 heterocycles. The topological polar surface area (TPSA) is 140 Å². The van der Waals surface area contributed by atoms with Crippen molar-refractivity contribution in [2.45, 2.75) is 32.5 Å². The lowest BCUT2D eigenvalue weighted by Crippen LogP contribution is -2.37. The Balaban J connectivity index is 1.77. The molecular weight excluding hydrogens is 499 g/mol. The molecule has 3 aromatic heterocycles. The van der Waals surface area contributed by atoms with Crippen LogP contribution < -0.4 is 16.2 Å². The third-order valence-electron chi connectivity index (χ3n) is 5.65. The van der Waals surface area contributed by atoms with Gasteiger partial charge in [-0.3, -0.25) is 19.2 Å². The Labute approximate surface area is 207 Å². The second-order valence-corrected chi connectivity index (χ2v) is 8.27. The van der Waals surface area contributed by atoms with Gasteiger partial charge < -0.3 is 24.8 Å². The Kier molecular flexibility index (Phi) is 7.24. The monoisotopic (exact) mass is 521 g/mol. The molecule has 1 aliphatic heterocycles. The van der Waals surface area contributed by atoms with Crippen molar-refractivity contribution < 1.29 is 32.3 Å². The highest BCUT2D eigenvalue weighted by molar-refractivity contribution is 5.99. The van der Waals surface area contributed by atoms with E-state index in [1.165, 1.54) is 22.6 Å². The van der Waals surface area contributed by atoms with Gasteiger partial charge in [-0.15, -0.1) is 0 Å².